The van der Waals surface area contributed by atoms with E-state index in [4.69, 9.17) is 0 Å². The van der Waals surface area contributed by atoms with Gasteiger partial charge in [0.15, 0.2) is 0 Å². The molecular weight excluding hydrogens is 356 g/mol. The first-order valence-electron chi connectivity index (χ1n) is 8.13. The van der Waals surface area contributed by atoms with Crippen LogP contribution in [0.25, 0.3) is 10.2 Å². The molecule has 0 bridgehead atoms. The second kappa shape index (κ2) is 6.97. The number of rotatable bonds is 4. The standard InChI is InChI=1S/C17H16N4O2S2/c22-21(23)13-6-2-3-7-14(13)24-15-10-12-16(18-11-19-17(12)25-15)20-8-4-1-5-9-20/h2-3,6-7,10-11H,1,4-5,8-9H2. The minimum Gasteiger partial charge on any atom is -0.356 e. The van der Waals surface area contributed by atoms with E-state index in [2.05, 4.69) is 20.9 Å². The summed E-state index contributed by atoms with van der Waals surface area (Å²) in [5.74, 6) is 0.982. The van der Waals surface area contributed by atoms with Crippen LogP contribution < -0.4 is 4.90 Å². The fourth-order valence-electron chi connectivity index (χ4n) is 3.03. The van der Waals surface area contributed by atoms with Gasteiger partial charge in [0, 0.05) is 19.2 Å². The highest BCUT2D eigenvalue weighted by molar-refractivity contribution is 8.01. The van der Waals surface area contributed by atoms with Gasteiger partial charge in [-0.3, -0.25) is 10.1 Å². The Kier molecular flexibility index (Phi) is 4.54. The minimum atomic E-state index is -0.339. The smallest absolute Gasteiger partial charge is 0.283 e. The molecule has 3 aromatic rings. The average Bonchev–Trinajstić information content (AvgIpc) is 3.05. The van der Waals surface area contributed by atoms with Gasteiger partial charge in [-0.15, -0.1) is 11.3 Å². The lowest BCUT2D eigenvalue weighted by atomic mass is 10.1. The Hall–Kier alpha value is -2.19. The number of nitro groups is 1. The van der Waals surface area contributed by atoms with Gasteiger partial charge in [-0.05, 0) is 31.4 Å². The molecule has 0 saturated carbocycles. The number of nitrogens with zero attached hydrogens (tertiary/aromatic N) is 4. The van der Waals surface area contributed by atoms with Crippen LogP contribution in [0.5, 0.6) is 0 Å². The highest BCUT2D eigenvalue weighted by Crippen LogP contribution is 2.41. The minimum absolute atomic E-state index is 0.132. The molecule has 0 atom stereocenters. The van der Waals surface area contributed by atoms with Crippen molar-refractivity contribution >= 4 is 44.8 Å². The van der Waals surface area contributed by atoms with Crippen LogP contribution in [-0.4, -0.2) is 28.0 Å². The molecule has 2 aromatic heterocycles. The van der Waals surface area contributed by atoms with E-state index < -0.39 is 0 Å². The zero-order valence-corrected chi connectivity index (χ0v) is 15.1. The highest BCUT2D eigenvalue weighted by atomic mass is 32.2. The summed E-state index contributed by atoms with van der Waals surface area (Å²) in [6.45, 7) is 2.04. The Labute approximate surface area is 153 Å². The molecule has 1 fully saturated rings. The maximum atomic E-state index is 11.2. The van der Waals surface area contributed by atoms with Crippen molar-refractivity contribution in [3.8, 4) is 0 Å². The Morgan fingerprint density at radius 2 is 1.96 bits per heavy atom. The van der Waals surface area contributed by atoms with Crippen LogP contribution in [-0.2, 0) is 0 Å². The van der Waals surface area contributed by atoms with E-state index in [0.29, 0.717) is 4.90 Å². The summed E-state index contributed by atoms with van der Waals surface area (Å²) in [6.07, 6.45) is 5.26. The lowest BCUT2D eigenvalue weighted by molar-refractivity contribution is -0.387. The second-order valence-corrected chi connectivity index (χ2v) is 8.23. The molecule has 0 N–H and O–H groups in total. The van der Waals surface area contributed by atoms with Crippen LogP contribution >= 0.6 is 23.1 Å². The van der Waals surface area contributed by atoms with Gasteiger partial charge < -0.3 is 4.90 Å². The number of benzene rings is 1. The van der Waals surface area contributed by atoms with Gasteiger partial charge in [0.1, 0.15) is 17.0 Å². The van der Waals surface area contributed by atoms with Gasteiger partial charge in [0.05, 0.1) is 19.4 Å². The summed E-state index contributed by atoms with van der Waals surface area (Å²) in [4.78, 5) is 23.7. The molecule has 1 saturated heterocycles. The molecule has 0 aliphatic carbocycles. The third-order valence-corrected chi connectivity index (χ3v) is 6.44. The van der Waals surface area contributed by atoms with Crippen molar-refractivity contribution in [2.45, 2.75) is 28.4 Å². The van der Waals surface area contributed by atoms with Gasteiger partial charge in [-0.25, -0.2) is 9.97 Å². The number of para-hydroxylation sites is 1. The molecule has 0 radical (unpaired) electrons. The largest absolute Gasteiger partial charge is 0.356 e. The van der Waals surface area contributed by atoms with E-state index in [9.17, 15) is 10.1 Å². The molecule has 0 spiro atoms. The predicted octanol–water partition coefficient (Wildman–Crippen LogP) is 4.74. The fraction of sp³-hybridized carbons (Fsp3) is 0.294. The lowest BCUT2D eigenvalue weighted by Crippen LogP contribution is -2.30. The Balaban J connectivity index is 1.69. The van der Waals surface area contributed by atoms with E-state index >= 15 is 0 Å². The predicted molar refractivity (Wildman–Crippen MR) is 101 cm³/mol. The molecule has 1 aromatic carbocycles. The van der Waals surface area contributed by atoms with Crippen LogP contribution in [0.15, 0.2) is 45.8 Å². The van der Waals surface area contributed by atoms with E-state index in [1.54, 1.807) is 29.8 Å². The van der Waals surface area contributed by atoms with Gasteiger partial charge in [0.25, 0.3) is 5.69 Å². The van der Waals surface area contributed by atoms with Crippen LogP contribution in [0.3, 0.4) is 0 Å². The first-order valence-corrected chi connectivity index (χ1v) is 9.76. The highest BCUT2D eigenvalue weighted by Gasteiger charge is 2.19. The summed E-state index contributed by atoms with van der Waals surface area (Å²) in [5.41, 5.74) is 0.132. The Morgan fingerprint density at radius 3 is 2.76 bits per heavy atom. The number of piperidine rings is 1. The number of thiophene rings is 1. The SMILES string of the molecule is O=[N+]([O-])c1ccccc1Sc1cc2c(N3CCCCC3)ncnc2s1. The number of nitro benzene ring substituents is 1. The normalized spacial score (nSPS) is 14.8. The van der Waals surface area contributed by atoms with Crippen LogP contribution in [0.2, 0.25) is 0 Å². The number of hydrogen-bond acceptors (Lipinski definition) is 7. The van der Waals surface area contributed by atoms with E-state index in [1.807, 2.05) is 6.07 Å². The molecule has 3 heterocycles. The van der Waals surface area contributed by atoms with Crippen LogP contribution in [0, 0.1) is 10.1 Å². The molecule has 4 rings (SSSR count). The van der Waals surface area contributed by atoms with Crippen LogP contribution in [0.4, 0.5) is 11.5 Å². The molecule has 8 heteroatoms. The van der Waals surface area contributed by atoms with Crippen molar-refractivity contribution in [1.29, 1.82) is 0 Å². The number of anilines is 1. The maximum absolute atomic E-state index is 11.2. The maximum Gasteiger partial charge on any atom is 0.283 e. The van der Waals surface area contributed by atoms with Gasteiger partial charge in [-0.2, -0.15) is 0 Å². The summed E-state index contributed by atoms with van der Waals surface area (Å²) in [6, 6.07) is 8.89. The molecule has 1 aliphatic heterocycles. The number of fused-ring (bicyclic) bond motifs is 1. The molecule has 0 amide bonds. The zero-order chi connectivity index (χ0) is 17.2. The average molecular weight is 372 g/mol. The zero-order valence-electron chi connectivity index (χ0n) is 13.4. The molecule has 128 valence electrons. The van der Waals surface area contributed by atoms with Crippen molar-refractivity contribution in [3.63, 3.8) is 0 Å². The monoisotopic (exact) mass is 372 g/mol. The number of aromatic nitrogens is 2. The summed E-state index contributed by atoms with van der Waals surface area (Å²) >= 11 is 2.97. The van der Waals surface area contributed by atoms with E-state index in [0.717, 1.165) is 33.3 Å². The molecule has 0 unspecified atom stereocenters. The van der Waals surface area contributed by atoms with Crippen LogP contribution in [0.1, 0.15) is 19.3 Å². The third-order valence-electron chi connectivity index (χ3n) is 4.21. The Bertz CT molecular complexity index is 922. The van der Waals surface area contributed by atoms with Gasteiger partial charge >= 0.3 is 0 Å². The summed E-state index contributed by atoms with van der Waals surface area (Å²) < 4.78 is 0.989. The van der Waals surface area contributed by atoms with Crippen molar-refractivity contribution in [2.24, 2.45) is 0 Å². The van der Waals surface area contributed by atoms with Gasteiger partial charge in [0.2, 0.25) is 0 Å². The molecule has 1 aliphatic rings. The first kappa shape index (κ1) is 16.3. The Morgan fingerprint density at radius 1 is 1.16 bits per heavy atom. The van der Waals surface area contributed by atoms with Gasteiger partial charge in [-0.1, -0.05) is 23.9 Å². The first-order chi connectivity index (χ1) is 12.2. The lowest BCUT2D eigenvalue weighted by Gasteiger charge is -2.27. The summed E-state index contributed by atoms with van der Waals surface area (Å²) in [5, 5.41) is 12.2. The molecular formula is C17H16N4O2S2. The number of hydrogen-bond donors (Lipinski definition) is 0. The van der Waals surface area contributed by atoms with E-state index in [1.165, 1.54) is 37.1 Å². The second-order valence-electron chi connectivity index (χ2n) is 5.86. The molecule has 6 nitrogen and oxygen atoms in total. The molecule has 25 heavy (non-hydrogen) atoms. The van der Waals surface area contributed by atoms with Crippen molar-refractivity contribution in [3.05, 3.63) is 46.8 Å². The van der Waals surface area contributed by atoms with E-state index in [-0.39, 0.29) is 10.6 Å². The topological polar surface area (TPSA) is 72.2 Å². The third kappa shape index (κ3) is 3.32. The fourth-order valence-corrected chi connectivity index (χ4v) is 5.22. The van der Waals surface area contributed by atoms with Crippen molar-refractivity contribution in [2.75, 3.05) is 18.0 Å². The quantitative estimate of drug-likeness (QED) is 0.486. The summed E-state index contributed by atoms with van der Waals surface area (Å²) in [7, 11) is 0. The van der Waals surface area contributed by atoms with Crippen molar-refractivity contribution < 1.29 is 4.92 Å². The van der Waals surface area contributed by atoms with Crippen molar-refractivity contribution in [1.82, 2.24) is 9.97 Å².